The molecule has 0 bridgehead atoms. The molecule has 0 spiro atoms. The van der Waals surface area contributed by atoms with Gasteiger partial charge in [0.25, 0.3) is 5.91 Å². The van der Waals surface area contributed by atoms with Crippen LogP contribution in [0.5, 0.6) is 0 Å². The van der Waals surface area contributed by atoms with E-state index in [4.69, 9.17) is 16.7 Å². The zero-order valence-corrected chi connectivity index (χ0v) is 12.1. The molecule has 0 saturated carbocycles. The number of hydrogen-bond acceptors (Lipinski definition) is 3. The molecular formula is C12H16ClNO3S. The first-order chi connectivity index (χ1) is 8.24. The molecule has 0 radical (unpaired) electrons. The number of aliphatic carboxylic acids is 1. The van der Waals surface area contributed by atoms with E-state index in [0.29, 0.717) is 9.21 Å². The van der Waals surface area contributed by atoms with Gasteiger partial charge < -0.3 is 10.4 Å². The third kappa shape index (κ3) is 3.71. The van der Waals surface area contributed by atoms with Crippen molar-refractivity contribution in [3.8, 4) is 0 Å². The molecule has 4 nitrogen and oxygen atoms in total. The third-order valence-corrected chi connectivity index (χ3v) is 4.22. The van der Waals surface area contributed by atoms with Crippen LogP contribution in [0, 0.1) is 5.92 Å². The van der Waals surface area contributed by atoms with E-state index in [-0.39, 0.29) is 18.2 Å². The molecule has 1 aromatic heterocycles. The molecule has 1 aromatic rings. The maximum absolute atomic E-state index is 12.0. The molecule has 0 saturated heterocycles. The lowest BCUT2D eigenvalue weighted by Gasteiger charge is -2.33. The molecule has 2 N–H and O–H groups in total. The zero-order chi connectivity index (χ0) is 13.9. The Morgan fingerprint density at radius 3 is 2.50 bits per heavy atom. The predicted molar refractivity (Wildman–Crippen MR) is 72.3 cm³/mol. The fraction of sp³-hybridized carbons (Fsp3) is 0.500. The second kappa shape index (κ2) is 5.71. The van der Waals surface area contributed by atoms with Crippen LogP contribution in [-0.4, -0.2) is 22.5 Å². The minimum Gasteiger partial charge on any atom is -0.481 e. The van der Waals surface area contributed by atoms with Gasteiger partial charge in [0.2, 0.25) is 0 Å². The average Bonchev–Trinajstić information content (AvgIpc) is 2.63. The summed E-state index contributed by atoms with van der Waals surface area (Å²) in [6, 6.07) is 3.27. The lowest BCUT2D eigenvalue weighted by Crippen LogP contribution is -2.51. The first-order valence-electron chi connectivity index (χ1n) is 5.54. The van der Waals surface area contributed by atoms with Crippen LogP contribution < -0.4 is 5.32 Å². The summed E-state index contributed by atoms with van der Waals surface area (Å²) < 4.78 is 0.532. The van der Waals surface area contributed by atoms with Crippen LogP contribution >= 0.6 is 22.9 Å². The van der Waals surface area contributed by atoms with Crippen LogP contribution in [0.1, 0.15) is 36.9 Å². The molecule has 18 heavy (non-hydrogen) atoms. The molecule has 1 rings (SSSR count). The minimum atomic E-state index is -0.935. The molecule has 0 aliphatic rings. The lowest BCUT2D eigenvalue weighted by atomic mass is 9.85. The molecule has 0 aliphatic heterocycles. The van der Waals surface area contributed by atoms with Crippen LogP contribution in [0.25, 0.3) is 0 Å². The maximum Gasteiger partial charge on any atom is 0.305 e. The van der Waals surface area contributed by atoms with Crippen molar-refractivity contribution < 1.29 is 14.7 Å². The van der Waals surface area contributed by atoms with E-state index in [2.05, 4.69) is 5.32 Å². The van der Waals surface area contributed by atoms with E-state index in [1.807, 2.05) is 13.8 Å². The number of carboxylic acid groups (broad SMARTS) is 1. The van der Waals surface area contributed by atoms with Crippen molar-refractivity contribution in [3.63, 3.8) is 0 Å². The number of rotatable bonds is 5. The summed E-state index contributed by atoms with van der Waals surface area (Å²) in [4.78, 5) is 23.4. The first-order valence-corrected chi connectivity index (χ1v) is 6.73. The summed E-state index contributed by atoms with van der Waals surface area (Å²) in [6.45, 7) is 5.49. The quantitative estimate of drug-likeness (QED) is 0.875. The molecule has 1 heterocycles. The summed E-state index contributed by atoms with van der Waals surface area (Å²) in [5.74, 6) is -1.21. The second-order valence-corrected chi connectivity index (χ2v) is 6.42. The Kier molecular flexibility index (Phi) is 4.76. The highest BCUT2D eigenvalue weighted by Gasteiger charge is 2.33. The van der Waals surface area contributed by atoms with E-state index in [1.54, 1.807) is 19.1 Å². The van der Waals surface area contributed by atoms with E-state index in [9.17, 15) is 9.59 Å². The zero-order valence-electron chi connectivity index (χ0n) is 10.5. The average molecular weight is 290 g/mol. The number of nitrogens with one attached hydrogen (secondary N) is 1. The van der Waals surface area contributed by atoms with Crippen molar-refractivity contribution in [2.24, 2.45) is 5.92 Å². The molecule has 100 valence electrons. The topological polar surface area (TPSA) is 66.4 Å². The van der Waals surface area contributed by atoms with Gasteiger partial charge in [-0.2, -0.15) is 0 Å². The summed E-state index contributed by atoms with van der Waals surface area (Å²) in [7, 11) is 0. The highest BCUT2D eigenvalue weighted by Crippen LogP contribution is 2.25. The molecule has 1 unspecified atom stereocenters. The highest BCUT2D eigenvalue weighted by molar-refractivity contribution is 7.18. The van der Waals surface area contributed by atoms with Crippen molar-refractivity contribution >= 4 is 34.8 Å². The smallest absolute Gasteiger partial charge is 0.305 e. The van der Waals surface area contributed by atoms with Crippen molar-refractivity contribution in [1.82, 2.24) is 5.32 Å². The number of amides is 1. The summed E-state index contributed by atoms with van der Waals surface area (Å²) >= 11 is 6.94. The van der Waals surface area contributed by atoms with Crippen LogP contribution in [0.3, 0.4) is 0 Å². The van der Waals surface area contributed by atoms with Gasteiger partial charge in [-0.25, -0.2) is 0 Å². The third-order valence-electron chi connectivity index (χ3n) is 2.99. The Morgan fingerprint density at radius 1 is 1.50 bits per heavy atom. The number of hydrogen-bond donors (Lipinski definition) is 2. The number of carboxylic acids is 1. The summed E-state index contributed by atoms with van der Waals surface area (Å²) in [6.07, 6.45) is -0.116. The van der Waals surface area contributed by atoms with Crippen LogP contribution in [0.15, 0.2) is 12.1 Å². The van der Waals surface area contributed by atoms with Crippen molar-refractivity contribution in [3.05, 3.63) is 21.3 Å². The molecule has 1 atom stereocenters. The maximum atomic E-state index is 12.0. The monoisotopic (exact) mass is 289 g/mol. The Morgan fingerprint density at radius 2 is 2.11 bits per heavy atom. The van der Waals surface area contributed by atoms with E-state index in [1.165, 1.54) is 11.3 Å². The van der Waals surface area contributed by atoms with Gasteiger partial charge in [0.15, 0.2) is 0 Å². The van der Waals surface area contributed by atoms with Crippen molar-refractivity contribution in [1.29, 1.82) is 0 Å². The van der Waals surface area contributed by atoms with E-state index >= 15 is 0 Å². The van der Waals surface area contributed by atoms with Crippen molar-refractivity contribution in [2.45, 2.75) is 32.7 Å². The normalized spacial score (nSPS) is 14.3. The van der Waals surface area contributed by atoms with Crippen molar-refractivity contribution in [2.75, 3.05) is 0 Å². The molecule has 6 heteroatoms. The number of thiophene rings is 1. The fourth-order valence-electron chi connectivity index (χ4n) is 1.46. The minimum absolute atomic E-state index is 0.00739. The molecule has 0 aliphatic carbocycles. The first kappa shape index (κ1) is 15.0. The Labute approximate surface area is 115 Å². The van der Waals surface area contributed by atoms with Crippen LogP contribution in [-0.2, 0) is 4.79 Å². The SMILES string of the molecule is CC(C)C(C)(CC(=O)O)NC(=O)c1ccc(Cl)s1. The molecule has 1 amide bonds. The number of carbonyl (C=O) groups is 2. The molecule has 0 aromatic carbocycles. The second-order valence-electron chi connectivity index (χ2n) is 4.70. The van der Waals surface area contributed by atoms with Gasteiger partial charge in [-0.05, 0) is 25.0 Å². The Bertz CT molecular complexity index is 458. The lowest BCUT2D eigenvalue weighted by molar-refractivity contribution is -0.138. The number of halogens is 1. The molecular weight excluding hydrogens is 274 g/mol. The van der Waals surface area contributed by atoms with Gasteiger partial charge in [0.05, 0.1) is 21.2 Å². The van der Waals surface area contributed by atoms with Gasteiger partial charge >= 0.3 is 5.97 Å². The van der Waals surface area contributed by atoms with Gasteiger partial charge in [0.1, 0.15) is 0 Å². The van der Waals surface area contributed by atoms with Gasteiger partial charge in [-0.3, -0.25) is 9.59 Å². The van der Waals surface area contributed by atoms with Crippen LogP contribution in [0.2, 0.25) is 4.34 Å². The van der Waals surface area contributed by atoms with Gasteiger partial charge in [-0.15, -0.1) is 11.3 Å². The largest absolute Gasteiger partial charge is 0.481 e. The van der Waals surface area contributed by atoms with E-state index in [0.717, 1.165) is 0 Å². The predicted octanol–water partition coefficient (Wildman–Crippen LogP) is 3.02. The summed E-state index contributed by atoms with van der Waals surface area (Å²) in [5.41, 5.74) is -0.778. The summed E-state index contributed by atoms with van der Waals surface area (Å²) in [5, 5.41) is 11.7. The Balaban J connectivity index is 2.84. The van der Waals surface area contributed by atoms with Gasteiger partial charge in [-0.1, -0.05) is 25.4 Å². The van der Waals surface area contributed by atoms with Gasteiger partial charge in [0, 0.05) is 0 Å². The van der Waals surface area contributed by atoms with Crippen LogP contribution in [0.4, 0.5) is 0 Å². The highest BCUT2D eigenvalue weighted by atomic mass is 35.5. The Hall–Kier alpha value is -1.07. The number of carbonyl (C=O) groups excluding carboxylic acids is 1. The van der Waals surface area contributed by atoms with E-state index < -0.39 is 11.5 Å². The fourth-order valence-corrected chi connectivity index (χ4v) is 2.40. The standard InChI is InChI=1S/C12H16ClNO3S/c1-7(2)12(3,6-10(15)16)14-11(17)8-4-5-9(13)18-8/h4-5,7H,6H2,1-3H3,(H,14,17)(H,15,16). The molecule has 0 fully saturated rings.